The summed E-state index contributed by atoms with van der Waals surface area (Å²) < 4.78 is 45.5. The molecule has 0 saturated carbocycles. The number of hydrogen-bond donors (Lipinski definition) is 3. The van der Waals surface area contributed by atoms with Gasteiger partial charge in [0, 0.05) is 4.47 Å². The molecular weight excluding hydrogens is 397 g/mol. The highest BCUT2D eigenvalue weighted by molar-refractivity contribution is 9.10. The van der Waals surface area contributed by atoms with Crippen LogP contribution in [0.3, 0.4) is 0 Å². The summed E-state index contributed by atoms with van der Waals surface area (Å²) in [5.41, 5.74) is -3.53. The number of carbonyl (C=O) groups excluding carboxylic acids is 2. The van der Waals surface area contributed by atoms with Crippen LogP contribution in [0.2, 0.25) is 0 Å². The van der Waals surface area contributed by atoms with Crippen LogP contribution in [0.4, 0.5) is 18.0 Å². The zero-order chi connectivity index (χ0) is 18.1. The minimum atomic E-state index is -5.28. The van der Waals surface area contributed by atoms with Crippen molar-refractivity contribution in [3.8, 4) is 0 Å². The molecule has 2 amide bonds. The lowest BCUT2D eigenvalue weighted by atomic mass is 9.82. The summed E-state index contributed by atoms with van der Waals surface area (Å²) in [6, 6.07) is 3.28. The maximum atomic E-state index is 13.4. The van der Waals surface area contributed by atoms with E-state index < -0.39 is 35.9 Å². The van der Waals surface area contributed by atoms with Gasteiger partial charge in [0.25, 0.3) is 5.72 Å². The molecule has 24 heavy (non-hydrogen) atoms. The maximum absolute atomic E-state index is 13.4. The molecule has 1 saturated heterocycles. The molecule has 0 bridgehead atoms. The average molecular weight is 411 g/mol. The van der Waals surface area contributed by atoms with Crippen LogP contribution >= 0.6 is 15.9 Å². The van der Waals surface area contributed by atoms with Crippen molar-refractivity contribution >= 4 is 27.9 Å². The molecule has 2 rings (SSSR count). The second kappa shape index (κ2) is 6.60. The molecule has 10 heteroatoms. The van der Waals surface area contributed by atoms with Crippen LogP contribution in [0.15, 0.2) is 28.7 Å². The fourth-order valence-corrected chi connectivity index (χ4v) is 2.75. The predicted molar refractivity (Wildman–Crippen MR) is 79.7 cm³/mol. The number of halogens is 4. The molecule has 0 radical (unpaired) electrons. The van der Waals surface area contributed by atoms with E-state index in [1.807, 2.05) is 0 Å². The number of hydrogen-bond acceptors (Lipinski definition) is 4. The van der Waals surface area contributed by atoms with E-state index in [-0.39, 0.29) is 12.2 Å². The van der Waals surface area contributed by atoms with E-state index in [1.54, 1.807) is 12.1 Å². The van der Waals surface area contributed by atoms with Gasteiger partial charge in [0.2, 0.25) is 0 Å². The van der Waals surface area contributed by atoms with Gasteiger partial charge in [0.1, 0.15) is 5.92 Å². The standard InChI is InChI=1S/C14H14BrF3N2O4/c1-2-24-11(21)9-10(7-3-5-8(15)6-4-7)19-12(22)20-13(9,23)14(16,17)18/h3-6,9-10,23H,2H2,1H3,(H2,19,20,22)/t9-,10-,13+/m0/s1. The highest BCUT2D eigenvalue weighted by Gasteiger charge is 2.67. The Hall–Kier alpha value is -1.81. The van der Waals surface area contributed by atoms with Gasteiger partial charge in [-0.3, -0.25) is 4.79 Å². The van der Waals surface area contributed by atoms with E-state index in [2.05, 4.69) is 26.0 Å². The largest absolute Gasteiger partial charge is 0.466 e. The molecule has 0 aliphatic carbocycles. The number of amides is 2. The van der Waals surface area contributed by atoms with Crippen molar-refractivity contribution < 1.29 is 32.6 Å². The molecule has 6 nitrogen and oxygen atoms in total. The third-order valence-electron chi connectivity index (χ3n) is 3.58. The van der Waals surface area contributed by atoms with Crippen molar-refractivity contribution in [3.05, 3.63) is 34.3 Å². The monoisotopic (exact) mass is 410 g/mol. The Labute approximate surface area is 143 Å². The van der Waals surface area contributed by atoms with E-state index in [1.165, 1.54) is 24.4 Å². The molecule has 1 fully saturated rings. The van der Waals surface area contributed by atoms with Crippen molar-refractivity contribution in [2.45, 2.75) is 24.9 Å². The SMILES string of the molecule is CCOC(=O)[C@@H]1[C@H](c2ccc(Br)cc2)NC(=O)N[C@]1(O)C(F)(F)F. The number of esters is 1. The number of ether oxygens (including phenoxy) is 1. The van der Waals surface area contributed by atoms with E-state index in [4.69, 9.17) is 0 Å². The number of carbonyl (C=O) groups is 2. The predicted octanol–water partition coefficient (Wildman–Crippen LogP) is 2.23. The Kier molecular flexibility index (Phi) is 5.09. The van der Waals surface area contributed by atoms with Crippen LogP contribution < -0.4 is 10.6 Å². The summed E-state index contributed by atoms with van der Waals surface area (Å²) >= 11 is 3.18. The second-order valence-corrected chi connectivity index (χ2v) is 6.04. The third-order valence-corrected chi connectivity index (χ3v) is 4.10. The number of aliphatic hydroxyl groups is 1. The topological polar surface area (TPSA) is 87.7 Å². The molecular formula is C14H14BrF3N2O4. The van der Waals surface area contributed by atoms with Crippen LogP contribution in [-0.2, 0) is 9.53 Å². The summed E-state index contributed by atoms with van der Waals surface area (Å²) in [5.74, 6) is -3.39. The van der Waals surface area contributed by atoms with Crippen LogP contribution in [0.5, 0.6) is 0 Å². The van der Waals surface area contributed by atoms with Crippen molar-refractivity contribution in [1.29, 1.82) is 0 Å². The zero-order valence-corrected chi connectivity index (χ0v) is 13.9. The van der Waals surface area contributed by atoms with Gasteiger partial charge < -0.3 is 20.5 Å². The smallest absolute Gasteiger partial charge is 0.437 e. The number of nitrogens with one attached hydrogen (secondary N) is 2. The van der Waals surface area contributed by atoms with Crippen LogP contribution in [0, 0.1) is 5.92 Å². The molecule has 3 N–H and O–H groups in total. The number of alkyl halides is 3. The summed E-state index contributed by atoms with van der Waals surface area (Å²) in [6.07, 6.45) is -5.28. The van der Waals surface area contributed by atoms with Crippen molar-refractivity contribution in [3.63, 3.8) is 0 Å². The lowest BCUT2D eigenvalue weighted by Gasteiger charge is -2.44. The molecule has 0 unspecified atom stereocenters. The summed E-state index contributed by atoms with van der Waals surface area (Å²) in [4.78, 5) is 23.8. The van der Waals surface area contributed by atoms with E-state index >= 15 is 0 Å². The maximum Gasteiger partial charge on any atom is 0.437 e. The Bertz CT molecular complexity index is 638. The average Bonchev–Trinajstić information content (AvgIpc) is 2.46. The fraction of sp³-hybridized carbons (Fsp3) is 0.429. The van der Waals surface area contributed by atoms with Gasteiger partial charge in [-0.05, 0) is 24.6 Å². The Morgan fingerprint density at radius 3 is 2.46 bits per heavy atom. The molecule has 0 spiro atoms. The van der Waals surface area contributed by atoms with Gasteiger partial charge in [-0.15, -0.1) is 0 Å². The van der Waals surface area contributed by atoms with E-state index in [0.717, 1.165) is 0 Å². The van der Waals surface area contributed by atoms with Crippen molar-refractivity contribution in [2.75, 3.05) is 6.61 Å². The molecule has 1 aromatic rings. The number of urea groups is 1. The molecule has 3 atom stereocenters. The number of benzene rings is 1. The van der Waals surface area contributed by atoms with Crippen LogP contribution in [0.1, 0.15) is 18.5 Å². The van der Waals surface area contributed by atoms with Gasteiger partial charge in [-0.2, -0.15) is 13.2 Å². The minimum absolute atomic E-state index is 0.176. The van der Waals surface area contributed by atoms with E-state index in [0.29, 0.717) is 4.47 Å². The number of rotatable bonds is 3. The first-order chi connectivity index (χ1) is 11.1. The molecule has 1 heterocycles. The molecule has 132 valence electrons. The van der Waals surface area contributed by atoms with Gasteiger partial charge in [-0.1, -0.05) is 28.1 Å². The van der Waals surface area contributed by atoms with Crippen molar-refractivity contribution in [2.24, 2.45) is 5.92 Å². The summed E-state index contributed by atoms with van der Waals surface area (Å²) in [7, 11) is 0. The van der Waals surface area contributed by atoms with Gasteiger partial charge in [0.15, 0.2) is 0 Å². The summed E-state index contributed by atoms with van der Waals surface area (Å²) in [5, 5.41) is 13.8. The first kappa shape index (κ1) is 18.5. The van der Waals surface area contributed by atoms with Crippen LogP contribution in [-0.4, -0.2) is 35.6 Å². The molecule has 1 aliphatic rings. The zero-order valence-electron chi connectivity index (χ0n) is 12.4. The molecule has 1 aliphatic heterocycles. The summed E-state index contributed by atoms with van der Waals surface area (Å²) in [6.45, 7) is 1.25. The highest BCUT2D eigenvalue weighted by atomic mass is 79.9. The highest BCUT2D eigenvalue weighted by Crippen LogP contribution is 2.43. The normalized spacial score (nSPS) is 27.2. The molecule has 0 aromatic heterocycles. The van der Waals surface area contributed by atoms with E-state index in [9.17, 15) is 27.9 Å². The second-order valence-electron chi connectivity index (χ2n) is 5.12. The Morgan fingerprint density at radius 2 is 1.96 bits per heavy atom. The lowest BCUT2D eigenvalue weighted by Crippen LogP contribution is -2.73. The third kappa shape index (κ3) is 3.34. The van der Waals surface area contributed by atoms with Gasteiger partial charge >= 0.3 is 18.2 Å². The fourth-order valence-electron chi connectivity index (χ4n) is 2.48. The molecule has 1 aromatic carbocycles. The first-order valence-corrected chi connectivity index (χ1v) is 7.69. The van der Waals surface area contributed by atoms with Crippen LogP contribution in [0.25, 0.3) is 0 Å². The van der Waals surface area contributed by atoms with Gasteiger partial charge in [0.05, 0.1) is 12.6 Å². The Morgan fingerprint density at radius 1 is 1.38 bits per heavy atom. The minimum Gasteiger partial charge on any atom is -0.466 e. The quantitative estimate of drug-likeness (QED) is 0.666. The first-order valence-electron chi connectivity index (χ1n) is 6.90. The van der Waals surface area contributed by atoms with Crippen molar-refractivity contribution in [1.82, 2.24) is 10.6 Å². The Balaban J connectivity index is 2.55. The van der Waals surface area contributed by atoms with Gasteiger partial charge in [-0.25, -0.2) is 4.79 Å². The lowest BCUT2D eigenvalue weighted by molar-refractivity contribution is -0.294.